The molecule has 2 heterocycles. The fraction of sp³-hybridized carbons (Fsp3) is 0.471. The Balaban J connectivity index is 1.73. The molecule has 5 nitrogen and oxygen atoms in total. The number of fused-ring (bicyclic) bond motifs is 1. The van der Waals surface area contributed by atoms with Crippen molar-refractivity contribution in [1.29, 1.82) is 0 Å². The Hall–Kier alpha value is -1.95. The van der Waals surface area contributed by atoms with Gasteiger partial charge >= 0.3 is 0 Å². The number of nitrogens with one attached hydrogen (secondary N) is 1. The van der Waals surface area contributed by atoms with Crippen LogP contribution in [0.25, 0.3) is 10.9 Å². The largest absolute Gasteiger partial charge is 0.343 e. The van der Waals surface area contributed by atoms with Gasteiger partial charge in [-0.2, -0.15) is 0 Å². The molecular formula is C17H21N3O2S. The number of hydrogen-bond donors (Lipinski definition) is 1. The third kappa shape index (κ3) is 3.52. The van der Waals surface area contributed by atoms with Crippen LogP contribution in [0.4, 0.5) is 0 Å². The van der Waals surface area contributed by atoms with Crippen molar-refractivity contribution in [2.24, 2.45) is 0 Å². The zero-order valence-corrected chi connectivity index (χ0v) is 13.9. The van der Waals surface area contributed by atoms with E-state index in [2.05, 4.69) is 4.98 Å². The van der Waals surface area contributed by atoms with Gasteiger partial charge in [-0.05, 0) is 43.6 Å². The molecule has 0 spiro atoms. The van der Waals surface area contributed by atoms with Gasteiger partial charge < -0.3 is 9.88 Å². The zero-order chi connectivity index (χ0) is 16.2. The minimum Gasteiger partial charge on any atom is -0.343 e. The van der Waals surface area contributed by atoms with Gasteiger partial charge in [0, 0.05) is 26.1 Å². The molecule has 23 heavy (non-hydrogen) atoms. The van der Waals surface area contributed by atoms with Crippen molar-refractivity contribution < 1.29 is 4.79 Å². The molecule has 2 aromatic rings. The summed E-state index contributed by atoms with van der Waals surface area (Å²) in [6, 6.07) is 7.38. The second-order valence-corrected chi connectivity index (χ2v) is 6.36. The Morgan fingerprint density at radius 3 is 2.78 bits per heavy atom. The SMILES string of the molecule is O=C1CCCCCN1CCCn1c(=S)[nH]c2ccccc2c1=O. The van der Waals surface area contributed by atoms with E-state index < -0.39 is 0 Å². The van der Waals surface area contributed by atoms with E-state index >= 15 is 0 Å². The normalized spacial score (nSPS) is 15.8. The average Bonchev–Trinajstić information content (AvgIpc) is 2.75. The van der Waals surface area contributed by atoms with E-state index in [9.17, 15) is 9.59 Å². The molecule has 1 aliphatic heterocycles. The fourth-order valence-corrected chi connectivity index (χ4v) is 3.38. The van der Waals surface area contributed by atoms with Gasteiger partial charge in [-0.3, -0.25) is 14.2 Å². The molecule has 3 rings (SSSR count). The highest BCUT2D eigenvalue weighted by atomic mass is 32.1. The molecule has 1 saturated heterocycles. The van der Waals surface area contributed by atoms with Gasteiger partial charge in [0.05, 0.1) is 10.9 Å². The number of amides is 1. The second-order valence-electron chi connectivity index (χ2n) is 5.98. The summed E-state index contributed by atoms with van der Waals surface area (Å²) in [6.07, 6.45) is 4.57. The highest BCUT2D eigenvalue weighted by Gasteiger charge is 2.16. The van der Waals surface area contributed by atoms with E-state index in [1.807, 2.05) is 23.1 Å². The summed E-state index contributed by atoms with van der Waals surface area (Å²) >= 11 is 5.31. The Morgan fingerprint density at radius 2 is 1.91 bits per heavy atom. The first-order valence-corrected chi connectivity index (χ1v) is 8.57. The van der Waals surface area contributed by atoms with Crippen LogP contribution in [0.15, 0.2) is 29.1 Å². The summed E-state index contributed by atoms with van der Waals surface area (Å²) in [7, 11) is 0. The van der Waals surface area contributed by atoms with E-state index in [4.69, 9.17) is 12.2 Å². The minimum atomic E-state index is -0.0634. The molecule has 1 N–H and O–H groups in total. The van der Waals surface area contributed by atoms with E-state index in [1.165, 1.54) is 0 Å². The number of aromatic amines is 1. The molecule has 1 aliphatic rings. The van der Waals surface area contributed by atoms with Crippen LogP contribution in [0.2, 0.25) is 0 Å². The minimum absolute atomic E-state index is 0.0634. The summed E-state index contributed by atoms with van der Waals surface area (Å²) in [5.74, 6) is 0.235. The molecule has 1 amide bonds. The highest BCUT2D eigenvalue weighted by molar-refractivity contribution is 7.71. The van der Waals surface area contributed by atoms with Crippen LogP contribution in [0.5, 0.6) is 0 Å². The number of benzene rings is 1. The first-order valence-electron chi connectivity index (χ1n) is 8.16. The molecule has 122 valence electrons. The predicted molar refractivity (Wildman–Crippen MR) is 93.1 cm³/mol. The summed E-state index contributed by atoms with van der Waals surface area (Å²) < 4.78 is 2.04. The van der Waals surface area contributed by atoms with Crippen LogP contribution in [0.1, 0.15) is 32.1 Å². The Morgan fingerprint density at radius 1 is 1.09 bits per heavy atom. The van der Waals surface area contributed by atoms with Crippen LogP contribution in [-0.4, -0.2) is 33.4 Å². The van der Waals surface area contributed by atoms with Crippen molar-refractivity contribution in [2.45, 2.75) is 38.6 Å². The summed E-state index contributed by atoms with van der Waals surface area (Å²) in [5.41, 5.74) is 0.702. The van der Waals surface area contributed by atoms with Gasteiger partial charge in [-0.25, -0.2) is 0 Å². The fourth-order valence-electron chi connectivity index (χ4n) is 3.10. The van der Waals surface area contributed by atoms with Crippen molar-refractivity contribution in [3.05, 3.63) is 39.4 Å². The second kappa shape index (κ2) is 7.08. The molecule has 1 aromatic carbocycles. The molecule has 0 bridgehead atoms. The van der Waals surface area contributed by atoms with Gasteiger partial charge in [-0.1, -0.05) is 18.6 Å². The number of H-pyrrole nitrogens is 1. The van der Waals surface area contributed by atoms with Crippen molar-refractivity contribution in [3.63, 3.8) is 0 Å². The van der Waals surface area contributed by atoms with Crippen LogP contribution in [0.3, 0.4) is 0 Å². The molecule has 1 fully saturated rings. The standard InChI is InChI=1S/C17H21N3O2S/c21-15-9-2-1-5-10-19(15)11-6-12-20-16(22)13-7-3-4-8-14(13)18-17(20)23/h3-4,7-8H,1-2,5-6,9-12H2,(H,18,23). The lowest BCUT2D eigenvalue weighted by Gasteiger charge is -2.20. The van der Waals surface area contributed by atoms with Gasteiger partial charge in [0.15, 0.2) is 4.77 Å². The third-order valence-electron chi connectivity index (χ3n) is 4.37. The van der Waals surface area contributed by atoms with Crippen molar-refractivity contribution in [2.75, 3.05) is 13.1 Å². The molecular weight excluding hydrogens is 310 g/mol. The van der Waals surface area contributed by atoms with Crippen molar-refractivity contribution in [1.82, 2.24) is 14.5 Å². The summed E-state index contributed by atoms with van der Waals surface area (Å²) in [4.78, 5) is 29.6. The first kappa shape index (κ1) is 15.9. The van der Waals surface area contributed by atoms with Gasteiger partial charge in [0.1, 0.15) is 0 Å². The van der Waals surface area contributed by atoms with E-state index in [1.54, 1.807) is 10.6 Å². The van der Waals surface area contributed by atoms with Crippen LogP contribution < -0.4 is 5.56 Å². The maximum atomic E-state index is 12.5. The van der Waals surface area contributed by atoms with Crippen molar-refractivity contribution in [3.8, 4) is 0 Å². The maximum Gasteiger partial charge on any atom is 0.262 e. The Labute approximate surface area is 139 Å². The van der Waals surface area contributed by atoms with Crippen molar-refractivity contribution >= 4 is 29.0 Å². The van der Waals surface area contributed by atoms with Crippen LogP contribution in [0, 0.1) is 4.77 Å². The number of likely N-dealkylation sites (tertiary alicyclic amines) is 1. The Bertz CT molecular complexity index is 824. The molecule has 6 heteroatoms. The van der Waals surface area contributed by atoms with Gasteiger partial charge in [0.2, 0.25) is 5.91 Å². The average molecular weight is 331 g/mol. The molecule has 0 unspecified atom stereocenters. The summed E-state index contributed by atoms with van der Waals surface area (Å²) in [5, 5.41) is 0.645. The number of para-hydroxylation sites is 1. The quantitative estimate of drug-likeness (QED) is 0.877. The van der Waals surface area contributed by atoms with Crippen LogP contribution in [-0.2, 0) is 11.3 Å². The Kier molecular flexibility index (Phi) is 4.91. The monoisotopic (exact) mass is 331 g/mol. The highest BCUT2D eigenvalue weighted by Crippen LogP contribution is 2.12. The lowest BCUT2D eigenvalue weighted by Crippen LogP contribution is -2.32. The number of aromatic nitrogens is 2. The smallest absolute Gasteiger partial charge is 0.262 e. The predicted octanol–water partition coefficient (Wildman–Crippen LogP) is 2.85. The lowest BCUT2D eigenvalue weighted by molar-refractivity contribution is -0.130. The molecule has 0 aliphatic carbocycles. The number of carbonyl (C=O) groups excluding carboxylic acids is 1. The number of carbonyl (C=O) groups is 1. The number of nitrogens with zero attached hydrogens (tertiary/aromatic N) is 2. The van der Waals surface area contributed by atoms with E-state index in [-0.39, 0.29) is 11.5 Å². The third-order valence-corrected chi connectivity index (χ3v) is 4.69. The lowest BCUT2D eigenvalue weighted by atomic mass is 10.2. The molecule has 0 atom stereocenters. The summed E-state index contributed by atoms with van der Waals surface area (Å²) in [6.45, 7) is 2.05. The molecule has 0 radical (unpaired) electrons. The van der Waals surface area contributed by atoms with E-state index in [0.29, 0.717) is 29.7 Å². The topological polar surface area (TPSA) is 58.1 Å². The van der Waals surface area contributed by atoms with Gasteiger partial charge in [0.25, 0.3) is 5.56 Å². The zero-order valence-electron chi connectivity index (χ0n) is 13.1. The molecule has 1 aromatic heterocycles. The van der Waals surface area contributed by atoms with Gasteiger partial charge in [-0.15, -0.1) is 0 Å². The first-order chi connectivity index (χ1) is 11.2. The maximum absolute atomic E-state index is 12.5. The number of hydrogen-bond acceptors (Lipinski definition) is 3. The number of rotatable bonds is 4. The van der Waals surface area contributed by atoms with Crippen LogP contribution >= 0.6 is 12.2 Å². The molecule has 0 saturated carbocycles. The van der Waals surface area contributed by atoms with E-state index in [0.717, 1.165) is 37.7 Å².